The predicted molar refractivity (Wildman–Crippen MR) is 165 cm³/mol. The number of nitrogens with one attached hydrogen (secondary N) is 1. The summed E-state index contributed by atoms with van der Waals surface area (Å²) in [5, 5.41) is 22.9. The lowest BCUT2D eigenvalue weighted by Crippen LogP contribution is -2.45. The highest BCUT2D eigenvalue weighted by Crippen LogP contribution is 2.14. The lowest BCUT2D eigenvalue weighted by Gasteiger charge is -2.22. The molecular weight excluding hydrogens is 470 g/mol. The molecule has 0 saturated heterocycles. The fraction of sp³-hybridized carbons (Fsp3) is 0.853. The first kappa shape index (κ1) is 36.9. The molecule has 0 radical (unpaired) electrons. The number of carbonyl (C=O) groups excluding carboxylic acids is 1. The fourth-order valence-electron chi connectivity index (χ4n) is 4.86. The largest absolute Gasteiger partial charge is 0.394 e. The summed E-state index contributed by atoms with van der Waals surface area (Å²) in [7, 11) is 0. The summed E-state index contributed by atoms with van der Waals surface area (Å²) in [4.78, 5) is 12.3. The fourth-order valence-corrected chi connectivity index (χ4v) is 4.86. The molecule has 0 rings (SSSR count). The minimum absolute atomic E-state index is 0.0484. The van der Waals surface area contributed by atoms with Crippen molar-refractivity contribution in [3.8, 4) is 0 Å². The highest BCUT2D eigenvalue weighted by Gasteiger charge is 2.19. The Labute approximate surface area is 237 Å². The van der Waals surface area contributed by atoms with Crippen LogP contribution in [0.3, 0.4) is 0 Å². The van der Waals surface area contributed by atoms with Crippen LogP contribution < -0.4 is 5.32 Å². The molecule has 0 heterocycles. The van der Waals surface area contributed by atoms with E-state index >= 15 is 0 Å². The first-order chi connectivity index (χ1) is 18.7. The van der Waals surface area contributed by atoms with E-state index in [0.717, 1.165) is 44.9 Å². The van der Waals surface area contributed by atoms with E-state index in [4.69, 9.17) is 0 Å². The summed E-state index contributed by atoms with van der Waals surface area (Å²) < 4.78 is 0. The summed E-state index contributed by atoms with van der Waals surface area (Å²) in [5.74, 6) is -0.0484. The number of aliphatic hydroxyl groups is 2. The number of amides is 1. The van der Waals surface area contributed by atoms with Gasteiger partial charge in [0.2, 0.25) is 5.91 Å². The maximum absolute atomic E-state index is 12.3. The second kappa shape index (κ2) is 30.4. The van der Waals surface area contributed by atoms with Crippen molar-refractivity contribution in [3.63, 3.8) is 0 Å². The van der Waals surface area contributed by atoms with Crippen LogP contribution in [0.2, 0.25) is 0 Å². The SMILES string of the molecule is CCCCCC=CCC=CCCCCCCCC(=O)N[C@@H](CO)[C@H](O)CCCCCCCCCCCCC. The molecule has 0 aromatic carbocycles. The minimum Gasteiger partial charge on any atom is -0.394 e. The first-order valence-corrected chi connectivity index (χ1v) is 16.5. The molecule has 3 N–H and O–H groups in total. The van der Waals surface area contributed by atoms with E-state index < -0.39 is 12.1 Å². The Hall–Kier alpha value is -1.13. The van der Waals surface area contributed by atoms with Crippen molar-refractivity contribution in [3.05, 3.63) is 24.3 Å². The third-order valence-corrected chi connectivity index (χ3v) is 7.47. The Kier molecular flexibility index (Phi) is 29.5. The van der Waals surface area contributed by atoms with E-state index in [9.17, 15) is 15.0 Å². The first-order valence-electron chi connectivity index (χ1n) is 16.5. The van der Waals surface area contributed by atoms with Gasteiger partial charge in [-0.15, -0.1) is 0 Å². The van der Waals surface area contributed by atoms with Crippen molar-refractivity contribution in [2.24, 2.45) is 0 Å². The second-order valence-electron chi connectivity index (χ2n) is 11.2. The molecule has 0 aromatic heterocycles. The molecule has 0 aliphatic rings. The molecule has 0 aliphatic carbocycles. The maximum atomic E-state index is 12.3. The average Bonchev–Trinajstić information content (AvgIpc) is 2.92. The highest BCUT2D eigenvalue weighted by atomic mass is 16.3. The molecule has 4 nitrogen and oxygen atoms in total. The van der Waals surface area contributed by atoms with E-state index in [-0.39, 0.29) is 12.5 Å². The van der Waals surface area contributed by atoms with Crippen molar-refractivity contribution in [2.75, 3.05) is 6.61 Å². The van der Waals surface area contributed by atoms with Crippen LogP contribution in [-0.2, 0) is 4.79 Å². The molecule has 0 spiro atoms. The van der Waals surface area contributed by atoms with Crippen molar-refractivity contribution < 1.29 is 15.0 Å². The van der Waals surface area contributed by atoms with Gasteiger partial charge in [-0.3, -0.25) is 4.79 Å². The smallest absolute Gasteiger partial charge is 0.220 e. The molecule has 0 aliphatic heterocycles. The number of hydrogen-bond acceptors (Lipinski definition) is 3. The summed E-state index contributed by atoms with van der Waals surface area (Å²) in [6, 6.07) is -0.538. The van der Waals surface area contributed by atoms with Gasteiger partial charge in [0.15, 0.2) is 0 Å². The van der Waals surface area contributed by atoms with Gasteiger partial charge in [-0.05, 0) is 44.9 Å². The lowest BCUT2D eigenvalue weighted by atomic mass is 10.0. The van der Waals surface area contributed by atoms with E-state index in [1.165, 1.54) is 96.3 Å². The van der Waals surface area contributed by atoms with Crippen LogP contribution in [0.15, 0.2) is 24.3 Å². The molecule has 0 fully saturated rings. The zero-order valence-corrected chi connectivity index (χ0v) is 25.4. The number of unbranched alkanes of at least 4 members (excludes halogenated alkanes) is 18. The number of carbonyl (C=O) groups is 1. The average molecular weight is 536 g/mol. The quantitative estimate of drug-likeness (QED) is 0.0660. The van der Waals surface area contributed by atoms with Crippen LogP contribution in [-0.4, -0.2) is 34.9 Å². The zero-order valence-electron chi connectivity index (χ0n) is 25.4. The molecule has 2 atom stereocenters. The van der Waals surface area contributed by atoms with Gasteiger partial charge >= 0.3 is 0 Å². The molecule has 0 bridgehead atoms. The van der Waals surface area contributed by atoms with Crippen LogP contribution in [0.4, 0.5) is 0 Å². The van der Waals surface area contributed by atoms with Gasteiger partial charge < -0.3 is 15.5 Å². The summed E-state index contributed by atoms with van der Waals surface area (Å²) in [5.41, 5.74) is 0. The molecule has 38 heavy (non-hydrogen) atoms. The standard InChI is InChI=1S/C34H65NO3/c1-3-5-7-9-11-13-15-16-17-18-20-22-24-26-28-30-34(38)35-32(31-36)33(37)29-27-25-23-21-19-14-12-10-8-6-4-2/h11,13,16-17,32-33,36-37H,3-10,12,14-15,18-31H2,1-2H3,(H,35,38)/t32-,33+/m0/s1. The molecule has 0 aromatic rings. The van der Waals surface area contributed by atoms with Crippen molar-refractivity contribution in [1.29, 1.82) is 0 Å². The lowest BCUT2D eigenvalue weighted by molar-refractivity contribution is -0.123. The van der Waals surface area contributed by atoms with Crippen LogP contribution in [0.1, 0.15) is 168 Å². The van der Waals surface area contributed by atoms with Gasteiger partial charge in [-0.2, -0.15) is 0 Å². The molecule has 0 saturated carbocycles. The predicted octanol–water partition coefficient (Wildman–Crippen LogP) is 9.34. The second-order valence-corrected chi connectivity index (χ2v) is 11.2. The van der Waals surface area contributed by atoms with E-state index in [0.29, 0.717) is 12.8 Å². The minimum atomic E-state index is -0.660. The monoisotopic (exact) mass is 535 g/mol. The van der Waals surface area contributed by atoms with Gasteiger partial charge in [0.1, 0.15) is 0 Å². The third kappa shape index (κ3) is 26.5. The number of hydrogen-bond donors (Lipinski definition) is 3. The van der Waals surface area contributed by atoms with Crippen LogP contribution in [0, 0.1) is 0 Å². The molecule has 1 amide bonds. The molecule has 4 heteroatoms. The Balaban J connectivity index is 3.63. The van der Waals surface area contributed by atoms with Gasteiger partial charge in [0, 0.05) is 6.42 Å². The highest BCUT2D eigenvalue weighted by molar-refractivity contribution is 5.76. The number of aliphatic hydroxyl groups excluding tert-OH is 2. The molecule has 224 valence electrons. The Bertz CT molecular complexity index is 546. The normalized spacial score (nSPS) is 13.5. The van der Waals surface area contributed by atoms with Crippen molar-refractivity contribution in [1.82, 2.24) is 5.32 Å². The van der Waals surface area contributed by atoms with Crippen LogP contribution in [0.25, 0.3) is 0 Å². The van der Waals surface area contributed by atoms with Crippen LogP contribution in [0.5, 0.6) is 0 Å². The maximum Gasteiger partial charge on any atom is 0.220 e. The number of rotatable bonds is 29. The van der Waals surface area contributed by atoms with Gasteiger partial charge in [-0.25, -0.2) is 0 Å². The van der Waals surface area contributed by atoms with Crippen LogP contribution >= 0.6 is 0 Å². The van der Waals surface area contributed by atoms with Gasteiger partial charge in [0.25, 0.3) is 0 Å². The zero-order chi connectivity index (χ0) is 27.9. The van der Waals surface area contributed by atoms with E-state index in [2.05, 4.69) is 43.5 Å². The molecular formula is C34H65NO3. The topological polar surface area (TPSA) is 69.6 Å². The summed E-state index contributed by atoms with van der Waals surface area (Å²) in [6.45, 7) is 4.30. The Morgan fingerprint density at radius 1 is 0.632 bits per heavy atom. The Morgan fingerprint density at radius 2 is 1.08 bits per heavy atom. The van der Waals surface area contributed by atoms with E-state index in [1.54, 1.807) is 0 Å². The third-order valence-electron chi connectivity index (χ3n) is 7.47. The number of allylic oxidation sites excluding steroid dienone is 4. The van der Waals surface area contributed by atoms with Crippen molar-refractivity contribution in [2.45, 2.75) is 180 Å². The Morgan fingerprint density at radius 3 is 1.63 bits per heavy atom. The van der Waals surface area contributed by atoms with Gasteiger partial charge in [-0.1, -0.05) is 141 Å². The summed E-state index contributed by atoms with van der Waals surface area (Å²) >= 11 is 0. The van der Waals surface area contributed by atoms with Gasteiger partial charge in [0.05, 0.1) is 18.8 Å². The summed E-state index contributed by atoms with van der Waals surface area (Å²) in [6.07, 6.45) is 36.4. The van der Waals surface area contributed by atoms with Crippen molar-refractivity contribution >= 4 is 5.91 Å². The molecule has 0 unspecified atom stereocenters. The van der Waals surface area contributed by atoms with E-state index in [1.807, 2.05) is 0 Å².